The van der Waals surface area contributed by atoms with Crippen LogP contribution in [0.1, 0.15) is 11.3 Å². The summed E-state index contributed by atoms with van der Waals surface area (Å²) < 4.78 is 2.77. The number of nitriles is 1. The SMILES string of the molecule is N#Cc1cc(Br)cn1-c1ccc(CBr)cc1. The summed E-state index contributed by atoms with van der Waals surface area (Å²) in [6.07, 6.45) is 1.89. The highest BCUT2D eigenvalue weighted by atomic mass is 79.9. The maximum absolute atomic E-state index is 8.99. The molecule has 0 saturated heterocycles. The lowest BCUT2D eigenvalue weighted by atomic mass is 10.2. The largest absolute Gasteiger partial charge is 0.307 e. The van der Waals surface area contributed by atoms with Crippen LogP contribution >= 0.6 is 31.9 Å². The summed E-state index contributed by atoms with van der Waals surface area (Å²) in [7, 11) is 0. The van der Waals surface area contributed by atoms with Gasteiger partial charge in [0.25, 0.3) is 0 Å². The number of alkyl halides is 1. The van der Waals surface area contributed by atoms with E-state index in [0.717, 1.165) is 15.5 Å². The Hall–Kier alpha value is -1.05. The first-order chi connectivity index (χ1) is 7.74. The molecule has 1 aromatic heterocycles. The van der Waals surface area contributed by atoms with Gasteiger partial charge in [-0.2, -0.15) is 5.26 Å². The number of rotatable bonds is 2. The first-order valence-electron chi connectivity index (χ1n) is 4.68. The summed E-state index contributed by atoms with van der Waals surface area (Å²) in [5.41, 5.74) is 2.83. The van der Waals surface area contributed by atoms with Crippen LogP contribution in [-0.2, 0) is 5.33 Å². The molecular formula is C12H8Br2N2. The Morgan fingerprint density at radius 2 is 1.94 bits per heavy atom. The van der Waals surface area contributed by atoms with Crippen molar-refractivity contribution in [1.82, 2.24) is 4.57 Å². The molecule has 0 radical (unpaired) electrons. The van der Waals surface area contributed by atoms with Gasteiger partial charge in [0.2, 0.25) is 0 Å². The Labute approximate surface area is 111 Å². The third kappa shape index (κ3) is 2.21. The zero-order valence-corrected chi connectivity index (χ0v) is 11.5. The van der Waals surface area contributed by atoms with Crippen molar-refractivity contribution in [3.63, 3.8) is 0 Å². The second kappa shape index (κ2) is 4.86. The summed E-state index contributed by atoms with van der Waals surface area (Å²) in [5.74, 6) is 0. The van der Waals surface area contributed by atoms with Crippen LogP contribution in [0.25, 0.3) is 5.69 Å². The average Bonchev–Trinajstić information content (AvgIpc) is 2.70. The van der Waals surface area contributed by atoms with Crippen molar-refractivity contribution >= 4 is 31.9 Å². The second-order valence-corrected chi connectivity index (χ2v) is 4.80. The molecule has 0 atom stereocenters. The number of aromatic nitrogens is 1. The Bertz CT molecular complexity index is 535. The van der Waals surface area contributed by atoms with Gasteiger partial charge in [-0.25, -0.2) is 0 Å². The summed E-state index contributed by atoms with van der Waals surface area (Å²) in [6, 6.07) is 12.1. The van der Waals surface area contributed by atoms with Crippen molar-refractivity contribution in [2.75, 3.05) is 0 Å². The molecule has 80 valence electrons. The van der Waals surface area contributed by atoms with Gasteiger partial charge in [0.05, 0.1) is 0 Å². The molecule has 0 aliphatic rings. The van der Waals surface area contributed by atoms with Gasteiger partial charge in [0.1, 0.15) is 11.8 Å². The lowest BCUT2D eigenvalue weighted by Crippen LogP contribution is -1.94. The Balaban J connectivity index is 2.46. The first-order valence-corrected chi connectivity index (χ1v) is 6.59. The van der Waals surface area contributed by atoms with Gasteiger partial charge in [0.15, 0.2) is 0 Å². The van der Waals surface area contributed by atoms with E-state index >= 15 is 0 Å². The van der Waals surface area contributed by atoms with Gasteiger partial charge >= 0.3 is 0 Å². The van der Waals surface area contributed by atoms with Crippen molar-refractivity contribution in [1.29, 1.82) is 5.26 Å². The lowest BCUT2D eigenvalue weighted by molar-refractivity contribution is 1.05. The Morgan fingerprint density at radius 3 is 2.50 bits per heavy atom. The number of halogens is 2. The fraction of sp³-hybridized carbons (Fsp3) is 0.0833. The van der Waals surface area contributed by atoms with E-state index in [1.165, 1.54) is 5.56 Å². The van der Waals surface area contributed by atoms with Crippen molar-refractivity contribution in [2.24, 2.45) is 0 Å². The van der Waals surface area contributed by atoms with Crippen LogP contribution in [0.3, 0.4) is 0 Å². The van der Waals surface area contributed by atoms with E-state index in [0.29, 0.717) is 5.69 Å². The third-order valence-corrected chi connectivity index (χ3v) is 3.35. The molecule has 0 unspecified atom stereocenters. The molecule has 0 spiro atoms. The average molecular weight is 340 g/mol. The molecule has 1 aromatic carbocycles. The maximum atomic E-state index is 8.99. The van der Waals surface area contributed by atoms with Crippen LogP contribution in [0, 0.1) is 11.3 Å². The van der Waals surface area contributed by atoms with E-state index in [-0.39, 0.29) is 0 Å². The zero-order chi connectivity index (χ0) is 11.5. The van der Waals surface area contributed by atoms with E-state index in [4.69, 9.17) is 5.26 Å². The van der Waals surface area contributed by atoms with Crippen molar-refractivity contribution in [3.05, 3.63) is 52.3 Å². The third-order valence-electron chi connectivity index (χ3n) is 2.27. The molecule has 0 aliphatic heterocycles. The van der Waals surface area contributed by atoms with Crippen LogP contribution in [0.5, 0.6) is 0 Å². The van der Waals surface area contributed by atoms with Crippen molar-refractivity contribution in [2.45, 2.75) is 5.33 Å². The quantitative estimate of drug-likeness (QED) is 0.760. The number of hydrogen-bond donors (Lipinski definition) is 0. The smallest absolute Gasteiger partial charge is 0.125 e. The van der Waals surface area contributed by atoms with Crippen LogP contribution in [-0.4, -0.2) is 4.57 Å². The van der Waals surface area contributed by atoms with Crippen LogP contribution in [0.4, 0.5) is 0 Å². The normalized spacial score (nSPS) is 10.1. The molecule has 16 heavy (non-hydrogen) atoms. The molecular weight excluding hydrogens is 332 g/mol. The minimum Gasteiger partial charge on any atom is -0.307 e. The highest BCUT2D eigenvalue weighted by molar-refractivity contribution is 9.10. The highest BCUT2D eigenvalue weighted by Gasteiger charge is 2.05. The molecule has 0 amide bonds. The predicted molar refractivity (Wildman–Crippen MR) is 70.8 cm³/mol. The topological polar surface area (TPSA) is 28.7 Å². The van der Waals surface area contributed by atoms with Crippen LogP contribution < -0.4 is 0 Å². The van der Waals surface area contributed by atoms with E-state index < -0.39 is 0 Å². The number of benzene rings is 1. The van der Waals surface area contributed by atoms with E-state index in [2.05, 4.69) is 37.9 Å². The van der Waals surface area contributed by atoms with E-state index in [1.807, 2.05) is 35.0 Å². The first kappa shape index (κ1) is 11.4. The number of nitrogens with zero attached hydrogens (tertiary/aromatic N) is 2. The predicted octanol–water partition coefficient (Wildman–Crippen LogP) is 4.01. The second-order valence-electron chi connectivity index (χ2n) is 3.33. The van der Waals surface area contributed by atoms with Gasteiger partial charge in [-0.05, 0) is 39.7 Å². The minimum absolute atomic E-state index is 0.624. The van der Waals surface area contributed by atoms with E-state index in [1.54, 1.807) is 6.07 Å². The zero-order valence-electron chi connectivity index (χ0n) is 8.32. The molecule has 0 bridgehead atoms. The minimum atomic E-state index is 0.624. The summed E-state index contributed by atoms with van der Waals surface area (Å²) >= 11 is 6.77. The summed E-state index contributed by atoms with van der Waals surface area (Å²) in [5, 5.41) is 9.84. The fourth-order valence-electron chi connectivity index (χ4n) is 1.48. The molecule has 1 heterocycles. The Kier molecular flexibility index (Phi) is 3.47. The van der Waals surface area contributed by atoms with Crippen molar-refractivity contribution < 1.29 is 0 Å². The summed E-state index contributed by atoms with van der Waals surface area (Å²) in [4.78, 5) is 0. The van der Waals surface area contributed by atoms with Gasteiger partial charge in [0, 0.05) is 21.7 Å². The van der Waals surface area contributed by atoms with Gasteiger partial charge in [-0.1, -0.05) is 28.1 Å². The molecule has 0 saturated carbocycles. The van der Waals surface area contributed by atoms with Gasteiger partial charge in [-0.15, -0.1) is 0 Å². The van der Waals surface area contributed by atoms with Crippen LogP contribution in [0.15, 0.2) is 41.0 Å². The maximum Gasteiger partial charge on any atom is 0.125 e. The van der Waals surface area contributed by atoms with Crippen LogP contribution in [0.2, 0.25) is 0 Å². The van der Waals surface area contributed by atoms with Gasteiger partial charge < -0.3 is 4.57 Å². The van der Waals surface area contributed by atoms with E-state index in [9.17, 15) is 0 Å². The Morgan fingerprint density at radius 1 is 1.25 bits per heavy atom. The monoisotopic (exact) mass is 338 g/mol. The molecule has 2 aromatic rings. The molecule has 0 N–H and O–H groups in total. The standard InChI is InChI=1S/C12H8Br2N2/c13-6-9-1-3-11(4-2-9)16-8-10(14)5-12(16)7-15/h1-5,8H,6H2. The fourth-order valence-corrected chi connectivity index (χ4v) is 2.27. The summed E-state index contributed by atoms with van der Waals surface area (Å²) in [6.45, 7) is 0. The number of hydrogen-bond acceptors (Lipinski definition) is 1. The molecule has 4 heteroatoms. The molecule has 0 aliphatic carbocycles. The van der Waals surface area contributed by atoms with Crippen molar-refractivity contribution in [3.8, 4) is 11.8 Å². The molecule has 2 nitrogen and oxygen atoms in total. The molecule has 2 rings (SSSR count). The highest BCUT2D eigenvalue weighted by Crippen LogP contribution is 2.20. The van der Waals surface area contributed by atoms with Gasteiger partial charge in [-0.3, -0.25) is 0 Å². The lowest BCUT2D eigenvalue weighted by Gasteiger charge is -2.05. The molecule has 0 fully saturated rings.